The molecule has 0 bridgehead atoms. The molecule has 1 heterocycles. The minimum Gasteiger partial charge on any atom is -0.497 e. The van der Waals surface area contributed by atoms with Gasteiger partial charge in [-0.1, -0.05) is 36.4 Å². The van der Waals surface area contributed by atoms with E-state index in [-0.39, 0.29) is 6.61 Å². The van der Waals surface area contributed by atoms with Crippen molar-refractivity contribution in [1.29, 1.82) is 0 Å². The van der Waals surface area contributed by atoms with Crippen LogP contribution in [-0.2, 0) is 30.1 Å². The standard InChI is InChI=1S/C45H48O10/c1-44(54-27-26-53-25-24-52-23-22-51-21-20-46)40-29-35(50-5)15-17-37(40)41-36-16-14-34(49-4)28-39(36)43-38(42(41)44)18-19-45(55-43,30-6-10-32(47-2)11-7-30)31-8-12-33(48-3)13-9-31/h6-19,28-29,46H,20-27H2,1-5H3. The van der Waals surface area contributed by atoms with Crippen molar-refractivity contribution in [3.63, 3.8) is 0 Å². The molecule has 0 aromatic heterocycles. The van der Waals surface area contributed by atoms with E-state index in [0.717, 1.165) is 72.7 Å². The molecule has 10 heteroatoms. The lowest BCUT2D eigenvalue weighted by atomic mass is 9.80. The molecule has 7 rings (SSSR count). The molecule has 0 spiro atoms. The van der Waals surface area contributed by atoms with E-state index in [1.54, 1.807) is 28.4 Å². The maximum atomic E-state index is 8.86. The maximum absolute atomic E-state index is 8.86. The molecule has 0 radical (unpaired) electrons. The highest BCUT2D eigenvalue weighted by Gasteiger charge is 2.47. The van der Waals surface area contributed by atoms with Gasteiger partial charge in [0.2, 0.25) is 0 Å². The summed E-state index contributed by atoms with van der Waals surface area (Å²) in [6, 6.07) is 28.3. The van der Waals surface area contributed by atoms with Crippen molar-refractivity contribution in [3.05, 3.63) is 119 Å². The van der Waals surface area contributed by atoms with E-state index in [1.807, 2.05) is 60.7 Å². The van der Waals surface area contributed by atoms with Crippen molar-refractivity contribution in [3.8, 4) is 39.9 Å². The van der Waals surface area contributed by atoms with Crippen LogP contribution in [0.25, 0.3) is 28.0 Å². The Labute approximate surface area is 322 Å². The number of benzene rings is 5. The summed E-state index contributed by atoms with van der Waals surface area (Å²) in [6.45, 7) is 4.81. The molecule has 55 heavy (non-hydrogen) atoms. The Morgan fingerprint density at radius 3 is 1.69 bits per heavy atom. The first-order valence-electron chi connectivity index (χ1n) is 18.4. The van der Waals surface area contributed by atoms with E-state index in [4.69, 9.17) is 47.7 Å². The molecule has 2 aliphatic rings. The van der Waals surface area contributed by atoms with Crippen molar-refractivity contribution in [1.82, 2.24) is 0 Å². The number of aliphatic hydroxyl groups is 1. The molecule has 1 aliphatic carbocycles. The van der Waals surface area contributed by atoms with E-state index in [1.165, 1.54) is 0 Å². The number of hydrogen-bond donors (Lipinski definition) is 1. The lowest BCUT2D eigenvalue weighted by Crippen LogP contribution is -2.35. The Kier molecular flexibility index (Phi) is 11.6. The van der Waals surface area contributed by atoms with Crippen LogP contribution >= 0.6 is 0 Å². The predicted molar refractivity (Wildman–Crippen MR) is 211 cm³/mol. The number of ether oxygens (including phenoxy) is 9. The zero-order valence-corrected chi connectivity index (χ0v) is 32.0. The molecule has 0 saturated heterocycles. The number of methoxy groups -OCH3 is 4. The lowest BCUT2D eigenvalue weighted by Gasteiger charge is -2.39. The van der Waals surface area contributed by atoms with E-state index in [0.29, 0.717) is 52.0 Å². The number of hydrogen-bond acceptors (Lipinski definition) is 10. The zero-order valence-electron chi connectivity index (χ0n) is 32.0. The SMILES string of the molecule is COc1ccc(C2(c3ccc(OC)cc3)C=Cc3c4c(c5ccc(OC)cc5c3O2)-c2ccc(OC)cc2C4(C)OCCOCCOCCOCCO)cc1. The van der Waals surface area contributed by atoms with E-state index < -0.39 is 11.2 Å². The first-order valence-corrected chi connectivity index (χ1v) is 18.4. The smallest absolute Gasteiger partial charge is 0.178 e. The Morgan fingerprint density at radius 1 is 0.582 bits per heavy atom. The van der Waals surface area contributed by atoms with Crippen LogP contribution in [-0.4, -0.2) is 86.4 Å². The highest BCUT2D eigenvalue weighted by Crippen LogP contribution is 2.59. The number of aliphatic hydroxyl groups excluding tert-OH is 1. The maximum Gasteiger partial charge on any atom is 0.178 e. The molecule has 10 nitrogen and oxygen atoms in total. The van der Waals surface area contributed by atoms with Crippen LogP contribution in [0.3, 0.4) is 0 Å². The second-order valence-corrected chi connectivity index (χ2v) is 13.4. The van der Waals surface area contributed by atoms with Gasteiger partial charge >= 0.3 is 0 Å². The van der Waals surface area contributed by atoms with Gasteiger partial charge in [0.25, 0.3) is 0 Å². The van der Waals surface area contributed by atoms with Crippen LogP contribution in [0.2, 0.25) is 0 Å². The highest BCUT2D eigenvalue weighted by molar-refractivity contribution is 6.08. The summed E-state index contributed by atoms with van der Waals surface area (Å²) in [6.07, 6.45) is 4.31. The molecule has 288 valence electrons. The molecule has 1 unspecified atom stereocenters. The van der Waals surface area contributed by atoms with Gasteiger partial charge in [-0.25, -0.2) is 0 Å². The third kappa shape index (κ3) is 7.24. The monoisotopic (exact) mass is 748 g/mol. The molecule has 0 saturated carbocycles. The Bertz CT molecular complexity index is 2080. The fourth-order valence-corrected chi connectivity index (χ4v) is 7.64. The third-order valence-corrected chi connectivity index (χ3v) is 10.4. The topological polar surface area (TPSA) is 103 Å². The second kappa shape index (κ2) is 16.7. The summed E-state index contributed by atoms with van der Waals surface area (Å²) in [5.74, 6) is 3.68. The molecular weight excluding hydrogens is 700 g/mol. The molecular formula is C45H48O10. The van der Waals surface area contributed by atoms with Gasteiger partial charge in [-0.3, -0.25) is 0 Å². The van der Waals surface area contributed by atoms with E-state index in [9.17, 15) is 0 Å². The molecule has 0 fully saturated rings. The molecule has 5 aromatic rings. The number of rotatable bonds is 18. The summed E-state index contributed by atoms with van der Waals surface area (Å²) < 4.78 is 53.8. The summed E-state index contributed by atoms with van der Waals surface area (Å²) in [5, 5.41) is 10.8. The highest BCUT2D eigenvalue weighted by atomic mass is 16.6. The van der Waals surface area contributed by atoms with E-state index >= 15 is 0 Å². The summed E-state index contributed by atoms with van der Waals surface area (Å²) in [7, 11) is 6.67. The minimum atomic E-state index is -0.997. The summed E-state index contributed by atoms with van der Waals surface area (Å²) >= 11 is 0. The van der Waals surface area contributed by atoms with Gasteiger partial charge in [0.1, 0.15) is 34.3 Å². The van der Waals surface area contributed by atoms with Gasteiger partial charge in [-0.2, -0.15) is 0 Å². The third-order valence-electron chi connectivity index (χ3n) is 10.4. The van der Waals surface area contributed by atoms with Gasteiger partial charge in [-0.15, -0.1) is 0 Å². The van der Waals surface area contributed by atoms with Crippen molar-refractivity contribution in [2.45, 2.75) is 18.1 Å². The average molecular weight is 749 g/mol. The number of fused-ring (bicyclic) bond motifs is 8. The fourth-order valence-electron chi connectivity index (χ4n) is 7.64. The summed E-state index contributed by atoms with van der Waals surface area (Å²) in [5.41, 5.74) is 5.03. The van der Waals surface area contributed by atoms with Crippen molar-refractivity contribution >= 4 is 16.8 Å². The van der Waals surface area contributed by atoms with Crippen LogP contribution < -0.4 is 23.7 Å². The van der Waals surface area contributed by atoms with Crippen LogP contribution in [0.1, 0.15) is 34.7 Å². The Hall–Kier alpha value is -5.10. The predicted octanol–water partition coefficient (Wildman–Crippen LogP) is 7.53. The quantitative estimate of drug-likeness (QED) is 0.0906. The van der Waals surface area contributed by atoms with Gasteiger partial charge in [0, 0.05) is 27.6 Å². The Morgan fingerprint density at radius 2 is 1.11 bits per heavy atom. The summed E-state index contributed by atoms with van der Waals surface area (Å²) in [4.78, 5) is 0. The van der Waals surface area contributed by atoms with E-state index in [2.05, 4.69) is 43.3 Å². The van der Waals surface area contributed by atoms with Crippen molar-refractivity contribution < 1.29 is 47.7 Å². The molecule has 1 atom stereocenters. The van der Waals surface area contributed by atoms with Crippen molar-refractivity contribution in [2.75, 3.05) is 81.3 Å². The molecule has 0 amide bonds. The van der Waals surface area contributed by atoms with Crippen LogP contribution in [0.15, 0.2) is 91.0 Å². The van der Waals surface area contributed by atoms with Crippen LogP contribution in [0.4, 0.5) is 0 Å². The minimum absolute atomic E-state index is 0.00494. The largest absolute Gasteiger partial charge is 0.497 e. The second-order valence-electron chi connectivity index (χ2n) is 13.4. The zero-order chi connectivity index (χ0) is 38.4. The molecule has 5 aromatic carbocycles. The first kappa shape index (κ1) is 38.2. The Balaban J connectivity index is 1.32. The van der Waals surface area contributed by atoms with Gasteiger partial charge < -0.3 is 47.7 Å². The average Bonchev–Trinajstić information content (AvgIpc) is 3.50. The molecule has 1 N–H and O–H groups in total. The first-order chi connectivity index (χ1) is 26.9. The fraction of sp³-hybridized carbons (Fsp3) is 0.333. The normalized spacial score (nSPS) is 16.3. The van der Waals surface area contributed by atoms with Crippen LogP contribution in [0, 0.1) is 0 Å². The van der Waals surface area contributed by atoms with Gasteiger partial charge in [0.05, 0.1) is 81.3 Å². The van der Waals surface area contributed by atoms with Crippen molar-refractivity contribution in [2.24, 2.45) is 0 Å². The molecule has 1 aliphatic heterocycles. The van der Waals surface area contributed by atoms with Gasteiger partial charge in [0.15, 0.2) is 5.60 Å². The van der Waals surface area contributed by atoms with Crippen LogP contribution in [0.5, 0.6) is 28.7 Å². The van der Waals surface area contributed by atoms with Gasteiger partial charge in [-0.05, 0) is 89.7 Å². The lowest BCUT2D eigenvalue weighted by molar-refractivity contribution is -0.0450.